The molecular weight excluding hydrogens is 396 g/mol. The van der Waals surface area contributed by atoms with Crippen LogP contribution in [0.2, 0.25) is 0 Å². The molecule has 0 N–H and O–H groups in total. The molecule has 0 spiro atoms. The number of halogens is 1. The summed E-state index contributed by atoms with van der Waals surface area (Å²) in [5.41, 5.74) is 4.66. The SMILES string of the molecule is COc1ccc([C@H]2C[C@@H]3CC[C@H]([C@H]2c2cc(-c4ccc(C)cc4)no2)N3C)cc1.Cl. The Labute approximate surface area is 184 Å². The van der Waals surface area contributed by atoms with Gasteiger partial charge in [0.1, 0.15) is 17.2 Å². The van der Waals surface area contributed by atoms with E-state index in [1.54, 1.807) is 7.11 Å². The third kappa shape index (κ3) is 3.63. The Morgan fingerprint density at radius 3 is 2.47 bits per heavy atom. The van der Waals surface area contributed by atoms with Gasteiger partial charge in [-0.3, -0.25) is 4.90 Å². The molecule has 3 heterocycles. The molecule has 0 aliphatic carbocycles. The number of fused-ring (bicyclic) bond motifs is 2. The topological polar surface area (TPSA) is 38.5 Å². The minimum atomic E-state index is 0. The van der Waals surface area contributed by atoms with Crippen LogP contribution < -0.4 is 4.74 Å². The highest BCUT2D eigenvalue weighted by Crippen LogP contribution is 2.51. The first-order valence-electron chi connectivity index (χ1n) is 10.5. The number of hydrogen-bond acceptors (Lipinski definition) is 4. The summed E-state index contributed by atoms with van der Waals surface area (Å²) in [7, 11) is 3.99. The average Bonchev–Trinajstić information content (AvgIpc) is 3.31. The fourth-order valence-electron chi connectivity index (χ4n) is 5.36. The Hall–Kier alpha value is -2.30. The molecule has 4 atom stereocenters. The quantitative estimate of drug-likeness (QED) is 0.529. The molecule has 2 bridgehead atoms. The zero-order chi connectivity index (χ0) is 20.0. The van der Waals surface area contributed by atoms with Gasteiger partial charge in [-0.1, -0.05) is 47.1 Å². The van der Waals surface area contributed by atoms with Gasteiger partial charge in [0.05, 0.1) is 7.11 Å². The third-order valence-electron chi connectivity index (χ3n) is 7.02. The van der Waals surface area contributed by atoms with E-state index in [0.717, 1.165) is 29.2 Å². The summed E-state index contributed by atoms with van der Waals surface area (Å²) in [5.74, 6) is 2.67. The minimum Gasteiger partial charge on any atom is -0.497 e. The van der Waals surface area contributed by atoms with Crippen LogP contribution in [-0.2, 0) is 0 Å². The van der Waals surface area contributed by atoms with Crippen LogP contribution in [0.5, 0.6) is 5.75 Å². The number of nitrogens with zero attached hydrogens (tertiary/aromatic N) is 2. The van der Waals surface area contributed by atoms with E-state index in [2.05, 4.69) is 78.6 Å². The van der Waals surface area contributed by atoms with Crippen LogP contribution >= 0.6 is 12.4 Å². The summed E-state index contributed by atoms with van der Waals surface area (Å²) >= 11 is 0. The van der Waals surface area contributed by atoms with E-state index in [9.17, 15) is 0 Å². The first-order valence-corrected chi connectivity index (χ1v) is 10.5. The average molecular weight is 425 g/mol. The van der Waals surface area contributed by atoms with Crippen LogP contribution in [0.25, 0.3) is 11.3 Å². The Morgan fingerprint density at radius 2 is 1.77 bits per heavy atom. The molecular formula is C25H29ClN2O2. The molecule has 0 saturated carbocycles. The van der Waals surface area contributed by atoms with Crippen molar-refractivity contribution in [2.75, 3.05) is 14.2 Å². The Morgan fingerprint density at radius 1 is 1.03 bits per heavy atom. The monoisotopic (exact) mass is 424 g/mol. The standard InChI is InChI=1S/C25H28N2O2.ClH/c1-16-4-6-18(7-5-16)22-15-24(29-26-22)25-21(14-19-10-13-23(25)27(19)2)17-8-11-20(28-3)12-9-17;/h4-9,11-12,15,19,21,23,25H,10,13-14H2,1-3H3;1H/t19-,21+,23+,25-;/m0./s1. The highest BCUT2D eigenvalue weighted by molar-refractivity contribution is 5.85. The van der Waals surface area contributed by atoms with Crippen molar-refractivity contribution in [3.63, 3.8) is 0 Å². The summed E-state index contributed by atoms with van der Waals surface area (Å²) in [5, 5.41) is 4.44. The summed E-state index contributed by atoms with van der Waals surface area (Å²) in [6.07, 6.45) is 3.65. The molecule has 5 heteroatoms. The Kier molecular flexibility index (Phi) is 5.90. The van der Waals surface area contributed by atoms with Crippen molar-refractivity contribution in [1.82, 2.24) is 10.1 Å². The largest absolute Gasteiger partial charge is 0.497 e. The number of aryl methyl sites for hydroxylation is 1. The lowest BCUT2D eigenvalue weighted by Gasteiger charge is -2.42. The van der Waals surface area contributed by atoms with Gasteiger partial charge in [0.15, 0.2) is 0 Å². The number of likely N-dealkylation sites (N-methyl/N-ethyl adjacent to an activating group) is 1. The Bertz CT molecular complexity index is 983. The molecule has 30 heavy (non-hydrogen) atoms. The van der Waals surface area contributed by atoms with Crippen LogP contribution in [0.15, 0.2) is 59.1 Å². The van der Waals surface area contributed by atoms with E-state index in [0.29, 0.717) is 23.9 Å². The zero-order valence-electron chi connectivity index (χ0n) is 17.7. The summed E-state index contributed by atoms with van der Waals surface area (Å²) in [6.45, 7) is 2.10. The van der Waals surface area contributed by atoms with Crippen LogP contribution in [0.3, 0.4) is 0 Å². The lowest BCUT2D eigenvalue weighted by Crippen LogP contribution is -2.44. The summed E-state index contributed by atoms with van der Waals surface area (Å²) in [6, 6.07) is 20.4. The molecule has 0 radical (unpaired) electrons. The fourth-order valence-corrected chi connectivity index (χ4v) is 5.36. The maximum Gasteiger partial charge on any atom is 0.142 e. The molecule has 2 saturated heterocycles. The van der Waals surface area contributed by atoms with E-state index in [1.807, 2.05) is 0 Å². The number of benzene rings is 2. The molecule has 0 unspecified atom stereocenters. The fraction of sp³-hybridized carbons (Fsp3) is 0.400. The van der Waals surface area contributed by atoms with Crippen molar-refractivity contribution in [3.8, 4) is 17.0 Å². The second-order valence-corrected chi connectivity index (χ2v) is 8.59. The normalized spacial score (nSPS) is 25.7. The first-order chi connectivity index (χ1) is 14.1. The van der Waals surface area contributed by atoms with Crippen molar-refractivity contribution in [2.24, 2.45) is 0 Å². The van der Waals surface area contributed by atoms with E-state index < -0.39 is 0 Å². The van der Waals surface area contributed by atoms with Gasteiger partial charge in [-0.15, -0.1) is 12.4 Å². The van der Waals surface area contributed by atoms with E-state index in [-0.39, 0.29) is 12.4 Å². The van der Waals surface area contributed by atoms with E-state index >= 15 is 0 Å². The number of hydrogen-bond donors (Lipinski definition) is 0. The molecule has 1 aromatic heterocycles. The van der Waals surface area contributed by atoms with E-state index in [4.69, 9.17) is 9.26 Å². The summed E-state index contributed by atoms with van der Waals surface area (Å²) in [4.78, 5) is 2.57. The molecule has 0 amide bonds. The predicted molar refractivity (Wildman–Crippen MR) is 122 cm³/mol. The van der Waals surface area contributed by atoms with Crippen LogP contribution in [0.1, 0.15) is 48.0 Å². The lowest BCUT2D eigenvalue weighted by molar-refractivity contribution is 0.122. The first kappa shape index (κ1) is 21.0. The van der Waals surface area contributed by atoms with Crippen molar-refractivity contribution < 1.29 is 9.26 Å². The van der Waals surface area contributed by atoms with Gasteiger partial charge in [-0.2, -0.15) is 0 Å². The molecule has 2 aromatic carbocycles. The number of rotatable bonds is 4. The van der Waals surface area contributed by atoms with Crippen LogP contribution in [0, 0.1) is 6.92 Å². The smallest absolute Gasteiger partial charge is 0.142 e. The van der Waals surface area contributed by atoms with Gasteiger partial charge in [0.2, 0.25) is 0 Å². The Balaban J connectivity index is 0.00000218. The molecule has 3 aromatic rings. The maximum absolute atomic E-state index is 5.98. The summed E-state index contributed by atoms with van der Waals surface area (Å²) < 4.78 is 11.3. The second kappa shape index (κ2) is 8.44. The predicted octanol–water partition coefficient (Wildman–Crippen LogP) is 5.81. The number of ether oxygens (including phenoxy) is 1. The number of piperidine rings is 1. The number of methoxy groups -OCH3 is 1. The van der Waals surface area contributed by atoms with Gasteiger partial charge in [-0.25, -0.2) is 0 Å². The molecule has 2 aliphatic heterocycles. The maximum atomic E-state index is 5.98. The van der Waals surface area contributed by atoms with Crippen molar-refractivity contribution in [3.05, 3.63) is 71.5 Å². The van der Waals surface area contributed by atoms with Gasteiger partial charge >= 0.3 is 0 Å². The molecule has 5 rings (SSSR count). The second-order valence-electron chi connectivity index (χ2n) is 8.59. The minimum absolute atomic E-state index is 0. The van der Waals surface area contributed by atoms with Crippen LogP contribution in [0.4, 0.5) is 0 Å². The molecule has 2 fully saturated rings. The van der Waals surface area contributed by atoms with Crippen LogP contribution in [-0.4, -0.2) is 36.3 Å². The highest BCUT2D eigenvalue weighted by atomic mass is 35.5. The zero-order valence-corrected chi connectivity index (χ0v) is 18.6. The number of aromatic nitrogens is 1. The third-order valence-corrected chi connectivity index (χ3v) is 7.02. The van der Waals surface area contributed by atoms with Gasteiger partial charge < -0.3 is 9.26 Å². The molecule has 4 nitrogen and oxygen atoms in total. The van der Waals surface area contributed by atoms with Gasteiger partial charge in [0, 0.05) is 29.6 Å². The van der Waals surface area contributed by atoms with E-state index in [1.165, 1.54) is 24.0 Å². The molecule has 2 aliphatic rings. The van der Waals surface area contributed by atoms with Gasteiger partial charge in [-0.05, 0) is 56.8 Å². The lowest BCUT2D eigenvalue weighted by atomic mass is 9.75. The van der Waals surface area contributed by atoms with Gasteiger partial charge in [0.25, 0.3) is 0 Å². The van der Waals surface area contributed by atoms with Crippen molar-refractivity contribution in [2.45, 2.75) is 50.1 Å². The molecule has 158 valence electrons. The highest BCUT2D eigenvalue weighted by Gasteiger charge is 2.48. The van der Waals surface area contributed by atoms with Crippen molar-refractivity contribution in [1.29, 1.82) is 0 Å². The van der Waals surface area contributed by atoms with Crippen molar-refractivity contribution >= 4 is 12.4 Å².